The molecule has 1 aliphatic rings. The van der Waals surface area contributed by atoms with Crippen LogP contribution in [0.5, 0.6) is 5.75 Å². The minimum absolute atomic E-state index is 0. The van der Waals surface area contributed by atoms with Crippen molar-refractivity contribution in [3.63, 3.8) is 0 Å². The highest BCUT2D eigenvalue weighted by Gasteiger charge is 2.27. The Kier molecular flexibility index (Phi) is 7.36. The lowest BCUT2D eigenvalue weighted by molar-refractivity contribution is -0.124. The average molecular weight is 341 g/mol. The molecular weight excluding hydrogens is 312 g/mol. The van der Waals surface area contributed by atoms with Gasteiger partial charge >= 0.3 is 0 Å². The molecule has 3 N–H and O–H groups in total. The van der Waals surface area contributed by atoms with E-state index in [1.165, 1.54) is 5.56 Å². The van der Waals surface area contributed by atoms with Crippen molar-refractivity contribution in [2.24, 2.45) is 11.7 Å². The van der Waals surface area contributed by atoms with Crippen molar-refractivity contribution in [2.45, 2.75) is 51.5 Å². The van der Waals surface area contributed by atoms with Crippen LogP contribution in [0.2, 0.25) is 0 Å². The lowest BCUT2D eigenvalue weighted by Gasteiger charge is -2.22. The van der Waals surface area contributed by atoms with Crippen molar-refractivity contribution in [1.82, 2.24) is 5.32 Å². The summed E-state index contributed by atoms with van der Waals surface area (Å²) in [7, 11) is 0. The zero-order chi connectivity index (χ0) is 16.2. The third-order valence-corrected chi connectivity index (χ3v) is 4.20. The molecule has 2 unspecified atom stereocenters. The summed E-state index contributed by atoms with van der Waals surface area (Å²) >= 11 is 0. The van der Waals surface area contributed by atoms with Gasteiger partial charge in [0, 0.05) is 12.0 Å². The van der Waals surface area contributed by atoms with Crippen molar-refractivity contribution >= 4 is 18.3 Å². The van der Waals surface area contributed by atoms with E-state index in [9.17, 15) is 4.79 Å². The molecule has 0 radical (unpaired) electrons. The van der Waals surface area contributed by atoms with E-state index in [4.69, 9.17) is 10.5 Å². The quantitative estimate of drug-likeness (QED) is 0.810. The second-order valence-corrected chi connectivity index (χ2v) is 7.16. The second kappa shape index (κ2) is 8.55. The summed E-state index contributed by atoms with van der Waals surface area (Å²) in [6, 6.07) is 8.26. The number of benzene rings is 1. The number of hydrogen-bond acceptors (Lipinski definition) is 3. The molecule has 130 valence electrons. The highest BCUT2D eigenvalue weighted by atomic mass is 35.5. The van der Waals surface area contributed by atoms with Crippen LogP contribution in [-0.2, 0) is 10.2 Å². The molecule has 5 heteroatoms. The minimum atomic E-state index is 0. The molecule has 1 amide bonds. The number of carbonyl (C=O) groups excluding carboxylic acids is 1. The van der Waals surface area contributed by atoms with E-state index in [1.54, 1.807) is 0 Å². The fourth-order valence-corrected chi connectivity index (χ4v) is 2.95. The van der Waals surface area contributed by atoms with Crippen LogP contribution in [0.15, 0.2) is 24.3 Å². The Balaban J connectivity index is 0.00000264. The summed E-state index contributed by atoms with van der Waals surface area (Å²) in [5.41, 5.74) is 7.07. The molecule has 1 fully saturated rings. The number of amides is 1. The third-order valence-electron chi connectivity index (χ3n) is 4.20. The summed E-state index contributed by atoms with van der Waals surface area (Å²) < 4.78 is 5.86. The SMILES string of the molecule is CC(C)(C)c1ccccc1OCCNC(=O)C1CCC(N)C1.Cl. The first-order chi connectivity index (χ1) is 10.4. The zero-order valence-corrected chi connectivity index (χ0v) is 15.1. The molecule has 2 rings (SSSR count). The van der Waals surface area contributed by atoms with Crippen molar-refractivity contribution in [2.75, 3.05) is 13.2 Å². The van der Waals surface area contributed by atoms with E-state index in [-0.39, 0.29) is 35.7 Å². The zero-order valence-electron chi connectivity index (χ0n) is 14.3. The number of rotatable bonds is 5. The van der Waals surface area contributed by atoms with E-state index >= 15 is 0 Å². The molecule has 0 heterocycles. The van der Waals surface area contributed by atoms with E-state index in [2.05, 4.69) is 32.2 Å². The van der Waals surface area contributed by atoms with Crippen LogP contribution in [0.25, 0.3) is 0 Å². The first kappa shape index (κ1) is 19.8. The largest absolute Gasteiger partial charge is 0.491 e. The van der Waals surface area contributed by atoms with Gasteiger partial charge in [0.05, 0.1) is 6.54 Å². The van der Waals surface area contributed by atoms with Gasteiger partial charge in [-0.15, -0.1) is 12.4 Å². The maximum Gasteiger partial charge on any atom is 0.223 e. The summed E-state index contributed by atoms with van der Waals surface area (Å²) in [4.78, 5) is 12.0. The van der Waals surface area contributed by atoms with Crippen molar-refractivity contribution < 1.29 is 9.53 Å². The third kappa shape index (κ3) is 5.70. The van der Waals surface area contributed by atoms with Crippen LogP contribution in [0.1, 0.15) is 45.6 Å². The fraction of sp³-hybridized carbons (Fsp3) is 0.611. The van der Waals surface area contributed by atoms with Gasteiger partial charge in [0.15, 0.2) is 0 Å². The van der Waals surface area contributed by atoms with Crippen LogP contribution in [0.4, 0.5) is 0 Å². The Morgan fingerprint density at radius 2 is 2.00 bits per heavy atom. The van der Waals surface area contributed by atoms with Gasteiger partial charge in [-0.25, -0.2) is 0 Å². The van der Waals surface area contributed by atoms with Crippen molar-refractivity contribution in [3.8, 4) is 5.75 Å². The molecule has 2 atom stereocenters. The molecule has 0 aliphatic heterocycles. The molecule has 0 saturated heterocycles. The number of carbonyl (C=O) groups is 1. The predicted molar refractivity (Wildman–Crippen MR) is 96.2 cm³/mol. The van der Waals surface area contributed by atoms with E-state index in [0.29, 0.717) is 13.2 Å². The standard InChI is InChI=1S/C18H28N2O2.ClH/c1-18(2,3)15-6-4-5-7-16(15)22-11-10-20-17(21)13-8-9-14(19)12-13;/h4-7,13-14H,8-12,19H2,1-3H3,(H,20,21);1H. The van der Waals surface area contributed by atoms with Gasteiger partial charge in [0.25, 0.3) is 0 Å². The van der Waals surface area contributed by atoms with Gasteiger partial charge in [-0.05, 0) is 36.3 Å². The van der Waals surface area contributed by atoms with E-state index < -0.39 is 0 Å². The molecule has 0 bridgehead atoms. The summed E-state index contributed by atoms with van der Waals surface area (Å²) in [6.07, 6.45) is 2.66. The molecule has 4 nitrogen and oxygen atoms in total. The van der Waals surface area contributed by atoms with Crippen LogP contribution in [0.3, 0.4) is 0 Å². The van der Waals surface area contributed by atoms with Crippen LogP contribution < -0.4 is 15.8 Å². The Labute approximate surface area is 145 Å². The number of para-hydroxylation sites is 1. The molecular formula is C18H29ClN2O2. The molecule has 1 aromatic carbocycles. The highest BCUT2D eigenvalue weighted by Crippen LogP contribution is 2.30. The summed E-state index contributed by atoms with van der Waals surface area (Å²) in [6.45, 7) is 7.52. The Hall–Kier alpha value is -1.26. The van der Waals surface area contributed by atoms with Gasteiger partial charge in [-0.3, -0.25) is 4.79 Å². The topological polar surface area (TPSA) is 64.3 Å². The minimum Gasteiger partial charge on any atom is -0.491 e. The number of nitrogens with one attached hydrogen (secondary N) is 1. The van der Waals surface area contributed by atoms with Gasteiger partial charge in [0.1, 0.15) is 12.4 Å². The molecule has 1 saturated carbocycles. The molecule has 0 aromatic heterocycles. The molecule has 1 aliphatic carbocycles. The van der Waals surface area contributed by atoms with Crippen LogP contribution >= 0.6 is 12.4 Å². The summed E-state index contributed by atoms with van der Waals surface area (Å²) in [5, 5.41) is 2.95. The van der Waals surface area contributed by atoms with Crippen molar-refractivity contribution in [1.29, 1.82) is 0 Å². The lowest BCUT2D eigenvalue weighted by Crippen LogP contribution is -2.33. The van der Waals surface area contributed by atoms with Gasteiger partial charge in [-0.1, -0.05) is 39.0 Å². The van der Waals surface area contributed by atoms with Gasteiger partial charge in [0.2, 0.25) is 5.91 Å². The molecule has 23 heavy (non-hydrogen) atoms. The normalized spacial score (nSPS) is 20.7. The fourth-order valence-electron chi connectivity index (χ4n) is 2.95. The number of hydrogen-bond donors (Lipinski definition) is 2. The monoisotopic (exact) mass is 340 g/mol. The number of nitrogens with two attached hydrogens (primary N) is 1. The van der Waals surface area contributed by atoms with Crippen LogP contribution in [-0.4, -0.2) is 25.1 Å². The molecule has 1 aromatic rings. The Morgan fingerprint density at radius 3 is 2.61 bits per heavy atom. The Bertz CT molecular complexity index is 514. The Morgan fingerprint density at radius 1 is 1.30 bits per heavy atom. The van der Waals surface area contributed by atoms with Crippen LogP contribution in [0, 0.1) is 5.92 Å². The predicted octanol–water partition coefficient (Wildman–Crippen LogP) is 3.03. The highest BCUT2D eigenvalue weighted by molar-refractivity contribution is 5.85. The average Bonchev–Trinajstić information content (AvgIpc) is 2.89. The van der Waals surface area contributed by atoms with Gasteiger partial charge in [-0.2, -0.15) is 0 Å². The first-order valence-electron chi connectivity index (χ1n) is 8.13. The smallest absolute Gasteiger partial charge is 0.223 e. The maximum absolute atomic E-state index is 12.0. The van der Waals surface area contributed by atoms with E-state index in [0.717, 1.165) is 25.0 Å². The summed E-state index contributed by atoms with van der Waals surface area (Å²) in [5.74, 6) is 1.09. The lowest BCUT2D eigenvalue weighted by atomic mass is 9.86. The second-order valence-electron chi connectivity index (χ2n) is 7.16. The van der Waals surface area contributed by atoms with Crippen molar-refractivity contribution in [3.05, 3.63) is 29.8 Å². The first-order valence-corrected chi connectivity index (χ1v) is 8.13. The van der Waals surface area contributed by atoms with Gasteiger partial charge < -0.3 is 15.8 Å². The molecule has 0 spiro atoms. The maximum atomic E-state index is 12.0. The number of ether oxygens (including phenoxy) is 1. The van der Waals surface area contributed by atoms with E-state index in [1.807, 2.05) is 18.2 Å². The number of halogens is 1.